The second kappa shape index (κ2) is 5.34. The molecular formula is C20H18O4. The van der Waals surface area contributed by atoms with Crippen LogP contribution >= 0.6 is 0 Å². The molecule has 0 unspecified atom stereocenters. The van der Waals surface area contributed by atoms with Crippen molar-refractivity contribution in [2.45, 2.75) is 6.92 Å². The van der Waals surface area contributed by atoms with Gasteiger partial charge in [-0.15, -0.1) is 0 Å². The van der Waals surface area contributed by atoms with Crippen LogP contribution in [0.2, 0.25) is 0 Å². The van der Waals surface area contributed by atoms with E-state index in [1.165, 1.54) is 0 Å². The van der Waals surface area contributed by atoms with E-state index in [4.69, 9.17) is 18.6 Å². The van der Waals surface area contributed by atoms with Crippen LogP contribution in [-0.4, -0.2) is 21.3 Å². The molecule has 0 atom stereocenters. The molecule has 0 aliphatic rings. The minimum Gasteiger partial charge on any atom is -0.497 e. The highest BCUT2D eigenvalue weighted by Crippen LogP contribution is 2.42. The van der Waals surface area contributed by atoms with Crippen LogP contribution in [0.15, 0.2) is 40.8 Å². The summed E-state index contributed by atoms with van der Waals surface area (Å²) in [5, 5.41) is 5.35. The van der Waals surface area contributed by atoms with Crippen LogP contribution in [0.1, 0.15) is 5.76 Å². The van der Waals surface area contributed by atoms with Gasteiger partial charge in [0, 0.05) is 10.8 Å². The van der Waals surface area contributed by atoms with Crippen molar-refractivity contribution in [2.75, 3.05) is 21.3 Å². The van der Waals surface area contributed by atoms with Crippen LogP contribution in [0.25, 0.3) is 32.5 Å². The average molecular weight is 322 g/mol. The highest BCUT2D eigenvalue weighted by molar-refractivity contribution is 6.24. The molecule has 0 spiro atoms. The quantitative estimate of drug-likeness (QED) is 0.494. The third kappa shape index (κ3) is 1.99. The van der Waals surface area contributed by atoms with Gasteiger partial charge in [-0.2, -0.15) is 0 Å². The van der Waals surface area contributed by atoms with Gasteiger partial charge in [-0.1, -0.05) is 0 Å². The first-order valence-electron chi connectivity index (χ1n) is 7.72. The zero-order valence-corrected chi connectivity index (χ0v) is 14.1. The van der Waals surface area contributed by atoms with Crippen molar-refractivity contribution >= 4 is 32.5 Å². The van der Waals surface area contributed by atoms with Gasteiger partial charge in [0.1, 0.15) is 17.1 Å². The molecule has 0 amide bonds. The van der Waals surface area contributed by atoms with E-state index < -0.39 is 0 Å². The molecule has 1 aromatic heterocycles. The highest BCUT2D eigenvalue weighted by atomic mass is 16.5. The van der Waals surface area contributed by atoms with E-state index in [1.807, 2.05) is 31.2 Å². The van der Waals surface area contributed by atoms with Crippen LogP contribution in [0.5, 0.6) is 17.2 Å². The third-order valence-corrected chi connectivity index (χ3v) is 4.43. The molecule has 0 aliphatic carbocycles. The van der Waals surface area contributed by atoms with Crippen molar-refractivity contribution in [2.24, 2.45) is 0 Å². The highest BCUT2D eigenvalue weighted by Gasteiger charge is 2.16. The molecule has 0 fully saturated rings. The Labute approximate surface area is 139 Å². The number of rotatable bonds is 3. The van der Waals surface area contributed by atoms with Gasteiger partial charge in [0.25, 0.3) is 0 Å². The summed E-state index contributed by atoms with van der Waals surface area (Å²) in [6.07, 6.45) is 0. The normalized spacial score (nSPS) is 11.3. The summed E-state index contributed by atoms with van der Waals surface area (Å²) >= 11 is 0. The fourth-order valence-electron chi connectivity index (χ4n) is 3.31. The number of furan rings is 1. The Bertz CT molecular complexity index is 1080. The van der Waals surface area contributed by atoms with Gasteiger partial charge in [-0.3, -0.25) is 0 Å². The van der Waals surface area contributed by atoms with E-state index in [0.717, 1.165) is 44.0 Å². The summed E-state index contributed by atoms with van der Waals surface area (Å²) in [4.78, 5) is 0. The zero-order valence-electron chi connectivity index (χ0n) is 14.1. The van der Waals surface area contributed by atoms with Gasteiger partial charge in [-0.25, -0.2) is 0 Å². The standard InChI is InChI=1S/C20H18O4/c1-11-7-16-13-6-5-12(21-2)8-14(13)15-9-18(22-3)19(23-4)10-17(15)20(16)24-11/h5-10H,1-4H3. The van der Waals surface area contributed by atoms with E-state index in [1.54, 1.807) is 21.3 Å². The average Bonchev–Trinajstić information content (AvgIpc) is 3.01. The molecular weight excluding hydrogens is 304 g/mol. The third-order valence-electron chi connectivity index (χ3n) is 4.43. The summed E-state index contributed by atoms with van der Waals surface area (Å²) < 4.78 is 22.3. The lowest BCUT2D eigenvalue weighted by Crippen LogP contribution is -1.91. The van der Waals surface area contributed by atoms with Crippen molar-refractivity contribution in [3.8, 4) is 17.2 Å². The summed E-state index contributed by atoms with van der Waals surface area (Å²) in [5.41, 5.74) is 0.862. The number of ether oxygens (including phenoxy) is 3. The van der Waals surface area contributed by atoms with Crippen LogP contribution in [-0.2, 0) is 0 Å². The number of hydrogen-bond acceptors (Lipinski definition) is 4. The van der Waals surface area contributed by atoms with Gasteiger partial charge >= 0.3 is 0 Å². The number of benzene rings is 3. The van der Waals surface area contributed by atoms with Gasteiger partial charge in [-0.05, 0) is 59.5 Å². The van der Waals surface area contributed by atoms with Crippen LogP contribution in [0, 0.1) is 6.92 Å². The minimum absolute atomic E-state index is 0.683. The second-order valence-corrected chi connectivity index (χ2v) is 5.76. The van der Waals surface area contributed by atoms with Gasteiger partial charge in [0.15, 0.2) is 11.5 Å². The van der Waals surface area contributed by atoms with Crippen molar-refractivity contribution in [1.82, 2.24) is 0 Å². The van der Waals surface area contributed by atoms with E-state index in [9.17, 15) is 0 Å². The molecule has 0 N–H and O–H groups in total. The Morgan fingerprint density at radius 1 is 0.667 bits per heavy atom. The molecule has 4 aromatic rings. The summed E-state index contributed by atoms with van der Waals surface area (Å²) in [6.45, 7) is 1.96. The molecule has 0 saturated heterocycles. The van der Waals surface area contributed by atoms with E-state index in [2.05, 4.69) is 12.1 Å². The fourth-order valence-corrected chi connectivity index (χ4v) is 3.31. The smallest absolute Gasteiger partial charge is 0.161 e. The first-order valence-corrected chi connectivity index (χ1v) is 7.72. The molecule has 0 bridgehead atoms. The van der Waals surface area contributed by atoms with Crippen molar-refractivity contribution in [1.29, 1.82) is 0 Å². The molecule has 3 aromatic carbocycles. The molecule has 4 nitrogen and oxygen atoms in total. The van der Waals surface area contributed by atoms with E-state index in [0.29, 0.717) is 11.5 Å². The maximum Gasteiger partial charge on any atom is 0.161 e. The molecule has 0 aliphatic heterocycles. The Morgan fingerprint density at radius 2 is 1.29 bits per heavy atom. The molecule has 1 heterocycles. The summed E-state index contributed by atoms with van der Waals surface area (Å²) in [7, 11) is 4.95. The van der Waals surface area contributed by atoms with Gasteiger partial charge in [0.2, 0.25) is 0 Å². The predicted molar refractivity (Wildman–Crippen MR) is 95.6 cm³/mol. The molecule has 0 saturated carbocycles. The maximum absolute atomic E-state index is 5.99. The topological polar surface area (TPSA) is 40.8 Å². The van der Waals surface area contributed by atoms with Gasteiger partial charge in [0.05, 0.1) is 21.3 Å². The van der Waals surface area contributed by atoms with Crippen LogP contribution in [0.4, 0.5) is 0 Å². The largest absolute Gasteiger partial charge is 0.497 e. The Balaban J connectivity index is 2.27. The van der Waals surface area contributed by atoms with Crippen LogP contribution < -0.4 is 14.2 Å². The molecule has 24 heavy (non-hydrogen) atoms. The van der Waals surface area contributed by atoms with Gasteiger partial charge < -0.3 is 18.6 Å². The maximum atomic E-state index is 5.99. The number of fused-ring (bicyclic) bond motifs is 6. The monoisotopic (exact) mass is 322 g/mol. The first kappa shape index (κ1) is 14.7. The molecule has 4 heteroatoms. The Hall–Kier alpha value is -2.88. The number of aryl methyl sites for hydroxylation is 1. The molecule has 0 radical (unpaired) electrons. The zero-order chi connectivity index (χ0) is 16.8. The lowest BCUT2D eigenvalue weighted by molar-refractivity contribution is 0.356. The van der Waals surface area contributed by atoms with E-state index in [-0.39, 0.29) is 0 Å². The van der Waals surface area contributed by atoms with Crippen molar-refractivity contribution < 1.29 is 18.6 Å². The number of methoxy groups -OCH3 is 3. The SMILES string of the molecule is COc1ccc2c(c1)c1cc(OC)c(OC)cc1c1oc(C)cc21. The second-order valence-electron chi connectivity index (χ2n) is 5.76. The lowest BCUT2D eigenvalue weighted by atomic mass is 9.97. The molecule has 4 rings (SSSR count). The predicted octanol–water partition coefficient (Wildman–Crippen LogP) is 5.07. The summed E-state index contributed by atoms with van der Waals surface area (Å²) in [5.74, 6) is 3.07. The Kier molecular flexibility index (Phi) is 3.27. The number of hydrogen-bond donors (Lipinski definition) is 0. The van der Waals surface area contributed by atoms with Crippen LogP contribution in [0.3, 0.4) is 0 Å². The van der Waals surface area contributed by atoms with Crippen molar-refractivity contribution in [3.63, 3.8) is 0 Å². The first-order chi connectivity index (χ1) is 11.7. The summed E-state index contributed by atoms with van der Waals surface area (Å²) in [6, 6.07) is 12.1. The fraction of sp³-hybridized carbons (Fsp3) is 0.200. The van der Waals surface area contributed by atoms with Crippen molar-refractivity contribution in [3.05, 3.63) is 42.2 Å². The molecule has 122 valence electrons. The minimum atomic E-state index is 0.683. The lowest BCUT2D eigenvalue weighted by Gasteiger charge is -2.12. The Morgan fingerprint density at radius 3 is 1.96 bits per heavy atom. The van der Waals surface area contributed by atoms with E-state index >= 15 is 0 Å².